The van der Waals surface area contributed by atoms with Gasteiger partial charge in [-0.15, -0.1) is 0 Å². The molecule has 2 aromatic carbocycles. The van der Waals surface area contributed by atoms with Crippen molar-refractivity contribution in [1.82, 2.24) is 5.32 Å². The van der Waals surface area contributed by atoms with Crippen LogP contribution in [-0.4, -0.2) is 23.3 Å². The molecular weight excluding hydrogens is 319 g/mol. The van der Waals surface area contributed by atoms with Crippen LogP contribution in [0, 0.1) is 0 Å². The minimum atomic E-state index is -4.34. The second-order valence-corrected chi connectivity index (χ2v) is 5.50. The molecule has 1 unspecified atom stereocenters. The van der Waals surface area contributed by atoms with Crippen molar-refractivity contribution in [3.63, 3.8) is 0 Å². The van der Waals surface area contributed by atoms with Gasteiger partial charge in [0.25, 0.3) is 0 Å². The fourth-order valence-electron chi connectivity index (χ4n) is 2.34. The van der Waals surface area contributed by atoms with Gasteiger partial charge >= 0.3 is 12.1 Å². The average molecular weight is 337 g/mol. The zero-order valence-corrected chi connectivity index (χ0v) is 12.9. The van der Waals surface area contributed by atoms with Crippen molar-refractivity contribution in [3.05, 3.63) is 71.3 Å². The fraction of sp³-hybridized carbons (Fsp3) is 0.278. The van der Waals surface area contributed by atoms with E-state index in [4.69, 9.17) is 5.11 Å². The normalized spacial score (nSPS) is 12.8. The summed E-state index contributed by atoms with van der Waals surface area (Å²) < 4.78 is 39.5. The number of aromatic carboxylic acids is 1. The Bertz CT molecular complexity index is 654. The SMILES string of the molecule is O=C(O)c1ccc(CNC(CCc2ccccc2)C(F)(F)F)cc1. The second-order valence-electron chi connectivity index (χ2n) is 5.50. The molecule has 0 radical (unpaired) electrons. The Labute approximate surface area is 138 Å². The van der Waals surface area contributed by atoms with Crippen molar-refractivity contribution in [2.45, 2.75) is 31.6 Å². The molecule has 0 saturated heterocycles. The fourth-order valence-corrected chi connectivity index (χ4v) is 2.34. The predicted octanol–water partition coefficient (Wildman–Crippen LogP) is 4.04. The lowest BCUT2D eigenvalue weighted by Gasteiger charge is -2.22. The number of benzene rings is 2. The summed E-state index contributed by atoms with van der Waals surface area (Å²) in [6.07, 6.45) is -4.06. The Morgan fingerprint density at radius 3 is 2.17 bits per heavy atom. The Hall–Kier alpha value is -2.34. The summed E-state index contributed by atoms with van der Waals surface area (Å²) in [4.78, 5) is 10.8. The van der Waals surface area contributed by atoms with Crippen molar-refractivity contribution in [2.75, 3.05) is 0 Å². The molecule has 0 heterocycles. The molecule has 0 spiro atoms. The quantitative estimate of drug-likeness (QED) is 0.802. The van der Waals surface area contributed by atoms with Crippen LogP contribution in [0.15, 0.2) is 54.6 Å². The summed E-state index contributed by atoms with van der Waals surface area (Å²) in [6.45, 7) is 0.0267. The van der Waals surface area contributed by atoms with Gasteiger partial charge in [-0.1, -0.05) is 42.5 Å². The van der Waals surface area contributed by atoms with E-state index in [0.717, 1.165) is 5.56 Å². The molecule has 3 nitrogen and oxygen atoms in total. The summed E-state index contributed by atoms with van der Waals surface area (Å²) >= 11 is 0. The molecule has 0 aliphatic carbocycles. The summed E-state index contributed by atoms with van der Waals surface area (Å²) in [5.74, 6) is -1.06. The number of carboxylic acid groups (broad SMARTS) is 1. The molecule has 2 rings (SSSR count). The van der Waals surface area contributed by atoms with Crippen LogP contribution in [0.3, 0.4) is 0 Å². The van der Waals surface area contributed by atoms with E-state index < -0.39 is 18.2 Å². The molecule has 0 aliphatic rings. The maximum atomic E-state index is 13.2. The van der Waals surface area contributed by atoms with Gasteiger partial charge in [-0.3, -0.25) is 0 Å². The van der Waals surface area contributed by atoms with Crippen molar-refractivity contribution in [2.24, 2.45) is 0 Å². The van der Waals surface area contributed by atoms with E-state index in [9.17, 15) is 18.0 Å². The Kier molecular flexibility index (Phi) is 5.98. The first-order chi connectivity index (χ1) is 11.4. The summed E-state index contributed by atoms with van der Waals surface area (Å²) in [7, 11) is 0. The highest BCUT2D eigenvalue weighted by molar-refractivity contribution is 5.87. The lowest BCUT2D eigenvalue weighted by molar-refractivity contribution is -0.157. The van der Waals surface area contributed by atoms with Gasteiger partial charge in [-0.05, 0) is 36.1 Å². The number of alkyl halides is 3. The van der Waals surface area contributed by atoms with E-state index in [2.05, 4.69) is 5.32 Å². The van der Waals surface area contributed by atoms with Crippen molar-refractivity contribution in [3.8, 4) is 0 Å². The van der Waals surface area contributed by atoms with Gasteiger partial charge in [0.1, 0.15) is 6.04 Å². The lowest BCUT2D eigenvalue weighted by Crippen LogP contribution is -2.42. The first-order valence-electron chi connectivity index (χ1n) is 7.52. The Morgan fingerprint density at radius 1 is 1.00 bits per heavy atom. The monoisotopic (exact) mass is 337 g/mol. The van der Waals surface area contributed by atoms with E-state index in [1.807, 2.05) is 6.07 Å². The van der Waals surface area contributed by atoms with Crippen molar-refractivity contribution in [1.29, 1.82) is 0 Å². The first-order valence-corrected chi connectivity index (χ1v) is 7.52. The molecule has 24 heavy (non-hydrogen) atoms. The van der Waals surface area contributed by atoms with Crippen LogP contribution in [0.5, 0.6) is 0 Å². The van der Waals surface area contributed by atoms with Gasteiger partial charge in [-0.2, -0.15) is 13.2 Å². The highest BCUT2D eigenvalue weighted by Crippen LogP contribution is 2.24. The molecule has 1 atom stereocenters. The number of aryl methyl sites for hydroxylation is 1. The predicted molar refractivity (Wildman–Crippen MR) is 84.8 cm³/mol. The molecule has 0 fully saturated rings. The van der Waals surface area contributed by atoms with Crippen LogP contribution in [-0.2, 0) is 13.0 Å². The molecule has 0 bridgehead atoms. The second kappa shape index (κ2) is 7.97. The van der Waals surface area contributed by atoms with Crippen molar-refractivity contribution < 1.29 is 23.1 Å². The summed E-state index contributed by atoms with van der Waals surface area (Å²) in [5, 5.41) is 11.3. The third-order valence-electron chi connectivity index (χ3n) is 3.71. The Balaban J connectivity index is 1.95. The maximum absolute atomic E-state index is 13.2. The number of hydrogen-bond donors (Lipinski definition) is 2. The molecule has 0 amide bonds. The molecule has 0 aromatic heterocycles. The standard InChI is InChI=1S/C18H18F3NO2/c19-18(20,21)16(11-8-13-4-2-1-3-5-13)22-12-14-6-9-15(10-7-14)17(23)24/h1-7,9-10,16,22H,8,11-12H2,(H,23,24). The summed E-state index contributed by atoms with van der Waals surface area (Å²) in [5.41, 5.74) is 1.57. The van der Waals surface area contributed by atoms with Gasteiger partial charge in [-0.25, -0.2) is 4.79 Å². The minimum Gasteiger partial charge on any atom is -0.478 e. The highest BCUT2D eigenvalue weighted by Gasteiger charge is 2.38. The number of rotatable bonds is 7. The third-order valence-corrected chi connectivity index (χ3v) is 3.71. The van der Waals surface area contributed by atoms with E-state index >= 15 is 0 Å². The topological polar surface area (TPSA) is 49.3 Å². The van der Waals surface area contributed by atoms with Crippen LogP contribution in [0.2, 0.25) is 0 Å². The van der Waals surface area contributed by atoms with Gasteiger partial charge < -0.3 is 10.4 Å². The number of hydrogen-bond acceptors (Lipinski definition) is 2. The largest absolute Gasteiger partial charge is 0.478 e. The number of carbonyl (C=O) groups is 1. The van der Waals surface area contributed by atoms with Crippen LogP contribution in [0.4, 0.5) is 13.2 Å². The van der Waals surface area contributed by atoms with Gasteiger partial charge in [0.15, 0.2) is 0 Å². The molecule has 2 N–H and O–H groups in total. The zero-order valence-electron chi connectivity index (χ0n) is 12.9. The van der Waals surface area contributed by atoms with E-state index in [1.165, 1.54) is 24.3 Å². The third kappa shape index (κ3) is 5.38. The molecule has 2 aromatic rings. The molecule has 6 heteroatoms. The zero-order chi connectivity index (χ0) is 17.6. The van der Waals surface area contributed by atoms with Gasteiger partial charge in [0.2, 0.25) is 0 Å². The molecule has 0 saturated carbocycles. The first kappa shape index (κ1) is 18.0. The molecular formula is C18H18F3NO2. The Morgan fingerprint density at radius 2 is 1.62 bits per heavy atom. The van der Waals surface area contributed by atoms with Crippen LogP contribution in [0.25, 0.3) is 0 Å². The highest BCUT2D eigenvalue weighted by atomic mass is 19.4. The van der Waals surface area contributed by atoms with E-state index in [0.29, 0.717) is 12.0 Å². The van der Waals surface area contributed by atoms with Crippen LogP contribution < -0.4 is 5.32 Å². The maximum Gasteiger partial charge on any atom is 0.403 e. The summed E-state index contributed by atoms with van der Waals surface area (Å²) in [6, 6.07) is 13.2. The smallest absolute Gasteiger partial charge is 0.403 e. The van der Waals surface area contributed by atoms with E-state index in [1.54, 1.807) is 24.3 Å². The van der Waals surface area contributed by atoms with Crippen LogP contribution in [0.1, 0.15) is 27.9 Å². The minimum absolute atomic E-state index is 0.0267. The lowest BCUT2D eigenvalue weighted by atomic mass is 10.0. The number of carboxylic acids is 1. The van der Waals surface area contributed by atoms with Gasteiger partial charge in [0, 0.05) is 6.54 Å². The number of halogens is 3. The van der Waals surface area contributed by atoms with Gasteiger partial charge in [0.05, 0.1) is 5.56 Å². The van der Waals surface area contributed by atoms with Crippen molar-refractivity contribution >= 4 is 5.97 Å². The number of nitrogens with one attached hydrogen (secondary N) is 1. The molecule has 0 aliphatic heterocycles. The van der Waals surface area contributed by atoms with E-state index in [-0.39, 0.29) is 18.5 Å². The molecule has 128 valence electrons. The average Bonchev–Trinajstić information content (AvgIpc) is 2.55. The van der Waals surface area contributed by atoms with Crippen LogP contribution >= 0.6 is 0 Å².